The molecule has 1 fully saturated rings. The molecule has 4 heteroatoms. The minimum atomic E-state index is -0.394. The van der Waals surface area contributed by atoms with Gasteiger partial charge in [0.05, 0.1) is 5.56 Å². The van der Waals surface area contributed by atoms with E-state index in [-0.39, 0.29) is 11.5 Å². The zero-order valence-corrected chi connectivity index (χ0v) is 10.9. The molecule has 18 heavy (non-hydrogen) atoms. The molecule has 1 aromatic rings. The Hall–Kier alpha value is -1.42. The molecular formula is C14H19FN2O. The normalized spacial score (nSPS) is 19.9. The Labute approximate surface area is 107 Å². The number of halogens is 1. The lowest BCUT2D eigenvalue weighted by molar-refractivity contribution is 0.0693. The number of amides is 1. The van der Waals surface area contributed by atoms with Crippen molar-refractivity contribution in [2.75, 3.05) is 20.1 Å². The first kappa shape index (κ1) is 13.0. The number of rotatable bonds is 2. The van der Waals surface area contributed by atoms with E-state index < -0.39 is 5.82 Å². The number of carbonyl (C=O) groups is 1. The van der Waals surface area contributed by atoms with Crippen molar-refractivity contribution >= 4 is 5.91 Å². The van der Waals surface area contributed by atoms with Crippen LogP contribution in [0.3, 0.4) is 0 Å². The van der Waals surface area contributed by atoms with Crippen LogP contribution in [-0.2, 0) is 0 Å². The molecule has 1 aromatic carbocycles. The van der Waals surface area contributed by atoms with Crippen molar-refractivity contribution < 1.29 is 9.18 Å². The third-order valence-electron chi connectivity index (χ3n) is 3.54. The summed E-state index contributed by atoms with van der Waals surface area (Å²) in [4.78, 5) is 14.0. The number of likely N-dealkylation sites (N-methyl/N-ethyl adjacent to an activating group) is 1. The van der Waals surface area contributed by atoms with Crippen LogP contribution in [0.4, 0.5) is 4.39 Å². The lowest BCUT2D eigenvalue weighted by Gasteiger charge is -2.32. The van der Waals surface area contributed by atoms with Crippen molar-refractivity contribution in [3.63, 3.8) is 0 Å². The molecule has 98 valence electrons. The second-order valence-corrected chi connectivity index (χ2v) is 4.82. The third-order valence-corrected chi connectivity index (χ3v) is 3.54. The van der Waals surface area contributed by atoms with Crippen LogP contribution in [0.15, 0.2) is 18.2 Å². The van der Waals surface area contributed by atoms with Crippen molar-refractivity contribution in [2.45, 2.75) is 25.8 Å². The molecule has 1 aliphatic heterocycles. The van der Waals surface area contributed by atoms with Crippen molar-refractivity contribution in [1.29, 1.82) is 0 Å². The van der Waals surface area contributed by atoms with E-state index in [4.69, 9.17) is 0 Å². The van der Waals surface area contributed by atoms with Crippen molar-refractivity contribution in [3.05, 3.63) is 35.1 Å². The molecule has 1 atom stereocenters. The number of hydrogen-bond acceptors (Lipinski definition) is 2. The summed E-state index contributed by atoms with van der Waals surface area (Å²) in [6.07, 6.45) is 2.03. The predicted octanol–water partition coefficient (Wildman–Crippen LogP) is 1.96. The number of carbonyl (C=O) groups excluding carboxylic acids is 1. The lowest BCUT2D eigenvalue weighted by Crippen LogP contribution is -2.47. The summed E-state index contributed by atoms with van der Waals surface area (Å²) in [7, 11) is 1.89. The van der Waals surface area contributed by atoms with E-state index in [0.717, 1.165) is 12.8 Å². The topological polar surface area (TPSA) is 32.3 Å². The van der Waals surface area contributed by atoms with E-state index in [1.165, 1.54) is 0 Å². The van der Waals surface area contributed by atoms with Gasteiger partial charge in [-0.15, -0.1) is 0 Å². The fourth-order valence-corrected chi connectivity index (χ4v) is 2.38. The van der Waals surface area contributed by atoms with Crippen LogP contribution < -0.4 is 5.32 Å². The molecule has 2 rings (SSSR count). The van der Waals surface area contributed by atoms with Gasteiger partial charge < -0.3 is 10.2 Å². The van der Waals surface area contributed by atoms with Gasteiger partial charge in [0.25, 0.3) is 5.91 Å². The fourth-order valence-electron chi connectivity index (χ4n) is 2.38. The zero-order chi connectivity index (χ0) is 13.1. The van der Waals surface area contributed by atoms with Crippen molar-refractivity contribution in [2.24, 2.45) is 0 Å². The largest absolute Gasteiger partial charge is 0.337 e. The van der Waals surface area contributed by atoms with Gasteiger partial charge in [-0.25, -0.2) is 4.39 Å². The molecule has 0 bridgehead atoms. The second-order valence-electron chi connectivity index (χ2n) is 4.82. The highest BCUT2D eigenvalue weighted by atomic mass is 19.1. The van der Waals surface area contributed by atoms with Crippen LogP contribution in [0.2, 0.25) is 0 Å². The Morgan fingerprint density at radius 3 is 3.00 bits per heavy atom. The van der Waals surface area contributed by atoms with E-state index >= 15 is 0 Å². The smallest absolute Gasteiger partial charge is 0.256 e. The Kier molecular flexibility index (Phi) is 3.97. The highest BCUT2D eigenvalue weighted by molar-refractivity contribution is 5.94. The van der Waals surface area contributed by atoms with E-state index in [1.807, 2.05) is 7.05 Å². The van der Waals surface area contributed by atoms with Gasteiger partial charge in [0, 0.05) is 19.1 Å². The summed E-state index contributed by atoms with van der Waals surface area (Å²) >= 11 is 0. The van der Waals surface area contributed by atoms with Crippen LogP contribution in [-0.4, -0.2) is 37.0 Å². The van der Waals surface area contributed by atoms with Gasteiger partial charge in [0.15, 0.2) is 0 Å². The number of likely N-dealkylation sites (tertiary alicyclic amines) is 1. The van der Waals surface area contributed by atoms with Crippen LogP contribution in [0, 0.1) is 12.7 Å². The molecule has 1 heterocycles. The highest BCUT2D eigenvalue weighted by Gasteiger charge is 2.25. The average Bonchev–Trinajstić information content (AvgIpc) is 2.41. The third kappa shape index (κ3) is 2.53. The number of aryl methyl sites for hydroxylation is 1. The van der Waals surface area contributed by atoms with E-state index in [1.54, 1.807) is 30.0 Å². The molecule has 3 nitrogen and oxygen atoms in total. The minimum absolute atomic E-state index is 0.187. The monoisotopic (exact) mass is 250 g/mol. The van der Waals surface area contributed by atoms with Gasteiger partial charge in [-0.2, -0.15) is 0 Å². The van der Waals surface area contributed by atoms with Crippen LogP contribution in [0.5, 0.6) is 0 Å². The molecule has 0 spiro atoms. The summed E-state index contributed by atoms with van der Waals surface area (Å²) in [5.74, 6) is -0.592. The summed E-state index contributed by atoms with van der Waals surface area (Å²) in [6.45, 7) is 3.05. The quantitative estimate of drug-likeness (QED) is 0.870. The van der Waals surface area contributed by atoms with Gasteiger partial charge in [-0.3, -0.25) is 4.79 Å². The average molecular weight is 250 g/mol. The highest BCUT2D eigenvalue weighted by Crippen LogP contribution is 2.17. The molecule has 1 saturated heterocycles. The standard InChI is InChI=1S/C14H19FN2O/c1-10-5-3-7-12(13(10)15)14(18)17-8-4-6-11(9-17)16-2/h3,5,7,11,16H,4,6,8-9H2,1-2H3. The van der Waals surface area contributed by atoms with Gasteiger partial charge in [-0.05, 0) is 38.4 Å². The number of nitrogens with one attached hydrogen (secondary N) is 1. The maximum atomic E-state index is 13.9. The zero-order valence-electron chi connectivity index (χ0n) is 10.9. The molecule has 1 aliphatic rings. The van der Waals surface area contributed by atoms with Gasteiger partial charge in [-0.1, -0.05) is 12.1 Å². The Balaban J connectivity index is 2.18. The van der Waals surface area contributed by atoms with Crippen molar-refractivity contribution in [3.8, 4) is 0 Å². The van der Waals surface area contributed by atoms with Gasteiger partial charge in [0.1, 0.15) is 5.82 Å². The lowest BCUT2D eigenvalue weighted by atomic mass is 10.0. The maximum Gasteiger partial charge on any atom is 0.256 e. The molecule has 1 amide bonds. The Morgan fingerprint density at radius 1 is 1.50 bits per heavy atom. The number of piperidine rings is 1. The Morgan fingerprint density at radius 2 is 2.28 bits per heavy atom. The predicted molar refractivity (Wildman–Crippen MR) is 69.1 cm³/mol. The summed E-state index contributed by atoms with van der Waals surface area (Å²) in [5, 5.41) is 3.18. The molecule has 0 aliphatic carbocycles. The summed E-state index contributed by atoms with van der Waals surface area (Å²) in [6, 6.07) is 5.29. The first-order valence-corrected chi connectivity index (χ1v) is 6.35. The molecule has 0 aromatic heterocycles. The first-order valence-electron chi connectivity index (χ1n) is 6.35. The molecule has 1 unspecified atom stereocenters. The maximum absolute atomic E-state index is 13.9. The molecule has 0 radical (unpaired) electrons. The van der Waals surface area contributed by atoms with Crippen LogP contribution in [0.1, 0.15) is 28.8 Å². The number of benzene rings is 1. The SMILES string of the molecule is CNC1CCCN(C(=O)c2cccc(C)c2F)C1. The molecular weight excluding hydrogens is 231 g/mol. The van der Waals surface area contributed by atoms with Crippen molar-refractivity contribution in [1.82, 2.24) is 10.2 Å². The first-order chi connectivity index (χ1) is 8.63. The van der Waals surface area contributed by atoms with Crippen LogP contribution in [0.25, 0.3) is 0 Å². The molecule has 0 saturated carbocycles. The fraction of sp³-hybridized carbons (Fsp3) is 0.500. The second kappa shape index (κ2) is 5.48. The van der Waals surface area contributed by atoms with E-state index in [9.17, 15) is 9.18 Å². The number of nitrogens with zero attached hydrogens (tertiary/aromatic N) is 1. The summed E-state index contributed by atoms with van der Waals surface area (Å²) < 4.78 is 13.9. The minimum Gasteiger partial charge on any atom is -0.337 e. The number of hydrogen-bond donors (Lipinski definition) is 1. The van der Waals surface area contributed by atoms with E-state index in [0.29, 0.717) is 24.7 Å². The Bertz CT molecular complexity index is 447. The summed E-state index contributed by atoms with van der Waals surface area (Å²) in [5.41, 5.74) is 0.703. The van der Waals surface area contributed by atoms with Gasteiger partial charge in [0.2, 0.25) is 0 Å². The van der Waals surface area contributed by atoms with Gasteiger partial charge >= 0.3 is 0 Å². The molecule has 1 N–H and O–H groups in total. The van der Waals surface area contributed by atoms with E-state index in [2.05, 4.69) is 5.32 Å². The van der Waals surface area contributed by atoms with Crippen LogP contribution >= 0.6 is 0 Å².